The van der Waals surface area contributed by atoms with Crippen LogP contribution in [0, 0.1) is 5.41 Å². The molecule has 0 bridgehead atoms. The molecule has 1 aliphatic rings. The van der Waals surface area contributed by atoms with Gasteiger partial charge in [0.25, 0.3) is 0 Å². The van der Waals surface area contributed by atoms with Gasteiger partial charge in [0.1, 0.15) is 0 Å². The Morgan fingerprint density at radius 2 is 2.30 bits per heavy atom. The van der Waals surface area contributed by atoms with E-state index >= 15 is 0 Å². The van der Waals surface area contributed by atoms with Crippen molar-refractivity contribution in [2.45, 2.75) is 13.8 Å². The third kappa shape index (κ3) is 2.51. The molecule has 0 spiro atoms. The largest absolute Gasteiger partial charge is 0.337 e. The van der Waals surface area contributed by atoms with Gasteiger partial charge in [0.15, 0.2) is 0 Å². The Kier molecular flexibility index (Phi) is 2.48. The normalized spacial score (nSPS) is 39.5. The van der Waals surface area contributed by atoms with E-state index in [0.717, 1.165) is 5.75 Å². The standard InChI is InChI=1S/C5H11O2PS2/c1-5(2)3-7-8(6,9)10-4-5/h3-4H2,1-2H3,(H,6,9). The van der Waals surface area contributed by atoms with Gasteiger partial charge in [-0.2, -0.15) is 0 Å². The average molecular weight is 198 g/mol. The van der Waals surface area contributed by atoms with Crippen molar-refractivity contribution in [3.63, 3.8) is 0 Å². The molecule has 1 rings (SSSR count). The molecule has 1 aliphatic heterocycles. The summed E-state index contributed by atoms with van der Waals surface area (Å²) in [6.45, 7) is 4.80. The van der Waals surface area contributed by atoms with Crippen LogP contribution >= 0.6 is 17.1 Å². The van der Waals surface area contributed by atoms with E-state index in [-0.39, 0.29) is 5.41 Å². The molecular formula is C5H11O2PS2. The molecule has 0 aromatic heterocycles. The molecule has 0 aromatic carbocycles. The highest BCUT2D eigenvalue weighted by Crippen LogP contribution is 2.61. The first-order valence-electron chi connectivity index (χ1n) is 3.03. The third-order valence-electron chi connectivity index (χ3n) is 1.24. The van der Waals surface area contributed by atoms with E-state index in [0.29, 0.717) is 6.61 Å². The molecule has 0 amide bonds. The highest BCUT2D eigenvalue weighted by Gasteiger charge is 2.31. The van der Waals surface area contributed by atoms with Crippen molar-refractivity contribution in [2.24, 2.45) is 5.41 Å². The van der Waals surface area contributed by atoms with Crippen LogP contribution in [-0.2, 0) is 16.3 Å². The van der Waals surface area contributed by atoms with Crippen molar-refractivity contribution in [3.05, 3.63) is 0 Å². The van der Waals surface area contributed by atoms with E-state index in [1.807, 2.05) is 0 Å². The molecule has 1 saturated heterocycles. The van der Waals surface area contributed by atoms with Crippen LogP contribution in [0.3, 0.4) is 0 Å². The zero-order valence-electron chi connectivity index (χ0n) is 6.03. The third-order valence-corrected chi connectivity index (χ3v) is 5.88. The molecule has 10 heavy (non-hydrogen) atoms. The van der Waals surface area contributed by atoms with Gasteiger partial charge in [-0.05, 0) is 17.2 Å². The molecule has 1 heterocycles. The fourth-order valence-corrected chi connectivity index (χ4v) is 4.33. The fourth-order valence-electron chi connectivity index (χ4n) is 0.592. The molecule has 60 valence electrons. The maximum atomic E-state index is 9.27. The molecule has 0 radical (unpaired) electrons. The molecule has 1 fully saturated rings. The molecule has 1 atom stereocenters. The number of rotatable bonds is 0. The van der Waals surface area contributed by atoms with Gasteiger partial charge in [0.2, 0.25) is 5.69 Å². The predicted molar refractivity (Wildman–Crippen MR) is 48.7 cm³/mol. The zero-order valence-corrected chi connectivity index (χ0v) is 8.56. The lowest BCUT2D eigenvalue weighted by Gasteiger charge is -2.32. The lowest BCUT2D eigenvalue weighted by atomic mass is 9.98. The SMILES string of the molecule is CC1(C)COP(O)(=S)SC1. The first-order chi connectivity index (χ1) is 4.41. The molecule has 0 aromatic rings. The summed E-state index contributed by atoms with van der Waals surface area (Å²) in [5.74, 6) is 0.904. The van der Waals surface area contributed by atoms with Crippen LogP contribution in [0.2, 0.25) is 0 Å². The van der Waals surface area contributed by atoms with Gasteiger partial charge in [-0.15, -0.1) is 0 Å². The summed E-state index contributed by atoms with van der Waals surface area (Å²) in [4.78, 5) is 9.27. The minimum atomic E-state index is -2.42. The van der Waals surface area contributed by atoms with E-state index in [1.54, 1.807) is 0 Å². The van der Waals surface area contributed by atoms with Crippen molar-refractivity contribution < 1.29 is 9.42 Å². The maximum absolute atomic E-state index is 9.27. The second kappa shape index (κ2) is 2.76. The average Bonchev–Trinajstić information content (AvgIpc) is 1.79. The number of hydrogen-bond acceptors (Lipinski definition) is 3. The van der Waals surface area contributed by atoms with Crippen molar-refractivity contribution in [1.82, 2.24) is 0 Å². The molecule has 0 aliphatic carbocycles. The van der Waals surface area contributed by atoms with Crippen LogP contribution < -0.4 is 0 Å². The van der Waals surface area contributed by atoms with Crippen LogP contribution in [0.15, 0.2) is 0 Å². The second-order valence-corrected chi connectivity index (χ2v) is 9.36. The summed E-state index contributed by atoms with van der Waals surface area (Å²) < 4.78 is 5.12. The van der Waals surface area contributed by atoms with Crippen LogP contribution in [0.1, 0.15) is 13.8 Å². The lowest BCUT2D eigenvalue weighted by Crippen LogP contribution is -2.24. The Hall–Kier alpha value is 0.920. The topological polar surface area (TPSA) is 29.5 Å². The predicted octanol–water partition coefficient (Wildman–Crippen LogP) is 1.99. The van der Waals surface area contributed by atoms with Crippen molar-refractivity contribution in [2.75, 3.05) is 12.4 Å². The minimum Gasteiger partial charge on any atom is -0.337 e. The van der Waals surface area contributed by atoms with Gasteiger partial charge in [-0.3, -0.25) is 0 Å². The smallest absolute Gasteiger partial charge is 0.244 e. The molecule has 5 heteroatoms. The van der Waals surface area contributed by atoms with E-state index in [9.17, 15) is 4.89 Å². The lowest BCUT2D eigenvalue weighted by molar-refractivity contribution is 0.200. The summed E-state index contributed by atoms with van der Waals surface area (Å²) in [5.41, 5.74) is -2.24. The first kappa shape index (κ1) is 9.01. The molecule has 2 nitrogen and oxygen atoms in total. The molecule has 0 saturated carbocycles. The van der Waals surface area contributed by atoms with Gasteiger partial charge >= 0.3 is 0 Å². The van der Waals surface area contributed by atoms with Crippen LogP contribution in [0.4, 0.5) is 0 Å². The van der Waals surface area contributed by atoms with E-state index < -0.39 is 5.69 Å². The quantitative estimate of drug-likeness (QED) is 0.603. The number of hydrogen-bond donors (Lipinski definition) is 1. The van der Waals surface area contributed by atoms with Gasteiger partial charge in [-0.25, -0.2) is 0 Å². The monoisotopic (exact) mass is 198 g/mol. The van der Waals surface area contributed by atoms with Gasteiger partial charge < -0.3 is 9.42 Å². The second-order valence-electron chi connectivity index (χ2n) is 3.18. The maximum Gasteiger partial charge on any atom is 0.244 e. The van der Waals surface area contributed by atoms with Crippen molar-refractivity contribution in [1.29, 1.82) is 0 Å². The van der Waals surface area contributed by atoms with Gasteiger partial charge in [0.05, 0.1) is 6.61 Å². The summed E-state index contributed by atoms with van der Waals surface area (Å²) in [5, 5.41) is 0. The van der Waals surface area contributed by atoms with Gasteiger partial charge in [-0.1, -0.05) is 25.2 Å². The first-order valence-corrected chi connectivity index (χ1v) is 7.30. The Morgan fingerprint density at radius 3 is 2.60 bits per heavy atom. The van der Waals surface area contributed by atoms with Crippen molar-refractivity contribution in [3.8, 4) is 0 Å². The molecule has 1 N–H and O–H groups in total. The van der Waals surface area contributed by atoms with Crippen molar-refractivity contribution >= 4 is 28.9 Å². The minimum absolute atomic E-state index is 0.176. The Bertz CT molecular complexity index is 166. The Labute approximate surface area is 70.3 Å². The van der Waals surface area contributed by atoms with Crippen LogP contribution in [0.25, 0.3) is 0 Å². The van der Waals surface area contributed by atoms with E-state index in [1.165, 1.54) is 11.4 Å². The van der Waals surface area contributed by atoms with E-state index in [4.69, 9.17) is 16.3 Å². The fraction of sp³-hybridized carbons (Fsp3) is 1.00. The zero-order chi connectivity index (χ0) is 7.83. The summed E-state index contributed by atoms with van der Waals surface area (Å²) >= 11 is 6.19. The summed E-state index contributed by atoms with van der Waals surface area (Å²) in [7, 11) is 0. The molecule has 1 unspecified atom stereocenters. The van der Waals surface area contributed by atoms with Gasteiger partial charge in [0, 0.05) is 5.75 Å². The Morgan fingerprint density at radius 1 is 1.70 bits per heavy atom. The summed E-state index contributed by atoms with van der Waals surface area (Å²) in [6, 6.07) is 0. The highest BCUT2D eigenvalue weighted by molar-refractivity contribution is 8.67. The van der Waals surface area contributed by atoms with E-state index in [2.05, 4.69) is 13.8 Å². The highest BCUT2D eigenvalue weighted by atomic mass is 32.9. The van der Waals surface area contributed by atoms with Crippen LogP contribution in [0.5, 0.6) is 0 Å². The Balaban J connectivity index is 2.54. The summed E-state index contributed by atoms with van der Waals surface area (Å²) in [6.07, 6.45) is 0. The molecular weight excluding hydrogens is 187 g/mol. The van der Waals surface area contributed by atoms with Crippen LogP contribution in [-0.4, -0.2) is 17.3 Å².